The largest absolute Gasteiger partial charge is 0.478 e. The molecule has 0 amide bonds. The van der Waals surface area contributed by atoms with Gasteiger partial charge in [0.1, 0.15) is 0 Å². The number of aryl methyl sites for hydroxylation is 1. The number of hydrogen-bond donors (Lipinski definition) is 1. The quantitative estimate of drug-likeness (QED) is 0.918. The minimum absolute atomic E-state index is 0.00340. The Morgan fingerprint density at radius 1 is 0.950 bits per heavy atom. The van der Waals surface area contributed by atoms with Crippen LogP contribution in [0.4, 0.5) is 0 Å². The van der Waals surface area contributed by atoms with Crippen molar-refractivity contribution in [3.8, 4) is 0 Å². The van der Waals surface area contributed by atoms with Crippen molar-refractivity contribution >= 4 is 15.8 Å². The molecule has 2 rings (SSSR count). The monoisotopic (exact) mass is 290 g/mol. The van der Waals surface area contributed by atoms with Gasteiger partial charge in [-0.15, -0.1) is 0 Å². The average molecular weight is 290 g/mol. The second-order valence-corrected chi connectivity index (χ2v) is 6.49. The van der Waals surface area contributed by atoms with Crippen molar-refractivity contribution in [2.75, 3.05) is 5.75 Å². The second-order valence-electron chi connectivity index (χ2n) is 4.38. The van der Waals surface area contributed by atoms with Crippen molar-refractivity contribution in [3.05, 3.63) is 65.7 Å². The maximum absolute atomic E-state index is 12.1. The lowest BCUT2D eigenvalue weighted by molar-refractivity contribution is 0.0697. The summed E-state index contributed by atoms with van der Waals surface area (Å²) < 4.78 is 24.3. The number of aromatic carboxylic acids is 1. The number of benzene rings is 2. The van der Waals surface area contributed by atoms with E-state index < -0.39 is 15.8 Å². The van der Waals surface area contributed by atoms with Crippen LogP contribution in [0.3, 0.4) is 0 Å². The Kier molecular flexibility index (Phi) is 4.20. The van der Waals surface area contributed by atoms with Gasteiger partial charge in [-0.1, -0.05) is 30.3 Å². The number of carbonyl (C=O) groups is 1. The highest BCUT2D eigenvalue weighted by molar-refractivity contribution is 7.91. The van der Waals surface area contributed by atoms with Crippen LogP contribution in [0, 0.1) is 0 Å². The van der Waals surface area contributed by atoms with Crippen LogP contribution in [0.15, 0.2) is 59.5 Å². The standard InChI is InChI=1S/C15H14O4S/c16-15(17)13-6-8-14(9-7-13)20(18,19)11-10-12-4-2-1-3-5-12/h1-9H,10-11H2,(H,16,17). The molecule has 0 heterocycles. The molecule has 5 heteroatoms. The summed E-state index contributed by atoms with van der Waals surface area (Å²) in [5.74, 6) is -1.07. The third kappa shape index (κ3) is 3.45. The summed E-state index contributed by atoms with van der Waals surface area (Å²) in [7, 11) is -3.39. The van der Waals surface area contributed by atoms with E-state index in [1.54, 1.807) is 0 Å². The van der Waals surface area contributed by atoms with Crippen molar-refractivity contribution < 1.29 is 18.3 Å². The molecule has 0 fully saturated rings. The van der Waals surface area contributed by atoms with Crippen molar-refractivity contribution in [3.63, 3.8) is 0 Å². The van der Waals surface area contributed by atoms with E-state index in [0.717, 1.165) is 5.56 Å². The van der Waals surface area contributed by atoms with Gasteiger partial charge in [0.05, 0.1) is 16.2 Å². The molecule has 20 heavy (non-hydrogen) atoms. The van der Waals surface area contributed by atoms with Gasteiger partial charge in [-0.25, -0.2) is 13.2 Å². The normalized spacial score (nSPS) is 11.2. The van der Waals surface area contributed by atoms with Crippen LogP contribution in [0.1, 0.15) is 15.9 Å². The Balaban J connectivity index is 2.12. The number of rotatable bonds is 5. The molecule has 0 aliphatic rings. The molecule has 0 aromatic heterocycles. The first-order valence-corrected chi connectivity index (χ1v) is 7.74. The first-order chi connectivity index (χ1) is 9.49. The van der Waals surface area contributed by atoms with E-state index in [9.17, 15) is 13.2 Å². The van der Waals surface area contributed by atoms with Gasteiger partial charge in [-0.05, 0) is 36.2 Å². The van der Waals surface area contributed by atoms with Gasteiger partial charge in [0.2, 0.25) is 0 Å². The lowest BCUT2D eigenvalue weighted by Crippen LogP contribution is -2.09. The van der Waals surface area contributed by atoms with Gasteiger partial charge in [-0.2, -0.15) is 0 Å². The highest BCUT2D eigenvalue weighted by Gasteiger charge is 2.15. The summed E-state index contributed by atoms with van der Waals surface area (Å²) in [6.45, 7) is 0. The molecule has 4 nitrogen and oxygen atoms in total. The van der Waals surface area contributed by atoms with E-state index in [4.69, 9.17) is 5.11 Å². The molecule has 0 saturated heterocycles. The highest BCUT2D eigenvalue weighted by Crippen LogP contribution is 2.14. The topological polar surface area (TPSA) is 71.4 Å². The summed E-state index contributed by atoms with van der Waals surface area (Å²) in [5.41, 5.74) is 1.03. The van der Waals surface area contributed by atoms with Crippen LogP contribution < -0.4 is 0 Å². The Morgan fingerprint density at radius 3 is 2.10 bits per heavy atom. The number of carboxylic acid groups (broad SMARTS) is 1. The van der Waals surface area contributed by atoms with Gasteiger partial charge in [-0.3, -0.25) is 0 Å². The van der Waals surface area contributed by atoms with E-state index in [2.05, 4.69) is 0 Å². The minimum Gasteiger partial charge on any atom is -0.478 e. The molecular weight excluding hydrogens is 276 g/mol. The first kappa shape index (κ1) is 14.3. The van der Waals surface area contributed by atoms with E-state index in [1.165, 1.54) is 24.3 Å². The highest BCUT2D eigenvalue weighted by atomic mass is 32.2. The fourth-order valence-electron chi connectivity index (χ4n) is 1.82. The molecule has 2 aromatic carbocycles. The molecule has 0 aliphatic heterocycles. The van der Waals surface area contributed by atoms with Crippen molar-refractivity contribution in [1.29, 1.82) is 0 Å². The second kappa shape index (κ2) is 5.88. The molecule has 0 atom stereocenters. The molecule has 0 radical (unpaired) electrons. The zero-order valence-corrected chi connectivity index (χ0v) is 11.5. The van der Waals surface area contributed by atoms with Gasteiger partial charge in [0.25, 0.3) is 0 Å². The Bertz CT molecular complexity index is 688. The van der Waals surface area contributed by atoms with E-state index >= 15 is 0 Å². The molecule has 2 aromatic rings. The summed E-state index contributed by atoms with van der Waals surface area (Å²) in [6.07, 6.45) is 0.434. The van der Waals surface area contributed by atoms with Crippen molar-refractivity contribution in [1.82, 2.24) is 0 Å². The smallest absolute Gasteiger partial charge is 0.335 e. The predicted molar refractivity (Wildman–Crippen MR) is 75.6 cm³/mol. The van der Waals surface area contributed by atoms with E-state index in [0.29, 0.717) is 6.42 Å². The summed E-state index contributed by atoms with van der Waals surface area (Å²) in [4.78, 5) is 10.9. The Morgan fingerprint density at radius 2 is 1.55 bits per heavy atom. The van der Waals surface area contributed by atoms with Gasteiger partial charge in [0, 0.05) is 0 Å². The predicted octanol–water partition coefficient (Wildman–Crippen LogP) is 2.40. The lowest BCUT2D eigenvalue weighted by Gasteiger charge is -2.05. The first-order valence-electron chi connectivity index (χ1n) is 6.09. The van der Waals surface area contributed by atoms with Crippen LogP contribution in [-0.2, 0) is 16.3 Å². The molecule has 0 bridgehead atoms. The van der Waals surface area contributed by atoms with Gasteiger partial charge >= 0.3 is 5.97 Å². The van der Waals surface area contributed by atoms with Crippen LogP contribution in [0.2, 0.25) is 0 Å². The van der Waals surface area contributed by atoms with Crippen LogP contribution in [-0.4, -0.2) is 25.2 Å². The molecule has 104 valence electrons. The maximum Gasteiger partial charge on any atom is 0.335 e. The SMILES string of the molecule is O=C(O)c1ccc(S(=O)(=O)CCc2ccccc2)cc1. The summed E-state index contributed by atoms with van der Waals surface area (Å²) >= 11 is 0. The van der Waals surface area contributed by atoms with Gasteiger partial charge < -0.3 is 5.11 Å². The number of hydrogen-bond acceptors (Lipinski definition) is 3. The average Bonchev–Trinajstić information content (AvgIpc) is 2.46. The van der Waals surface area contributed by atoms with Crippen LogP contribution in [0.25, 0.3) is 0 Å². The zero-order chi connectivity index (χ0) is 14.6. The number of sulfone groups is 1. The number of carboxylic acids is 1. The molecule has 0 unspecified atom stereocenters. The molecular formula is C15H14O4S. The fraction of sp³-hybridized carbons (Fsp3) is 0.133. The Labute approximate surface area is 117 Å². The van der Waals surface area contributed by atoms with Crippen molar-refractivity contribution in [2.24, 2.45) is 0 Å². The third-order valence-electron chi connectivity index (χ3n) is 2.96. The van der Waals surface area contributed by atoms with Gasteiger partial charge in [0.15, 0.2) is 9.84 Å². The third-order valence-corrected chi connectivity index (χ3v) is 4.69. The minimum atomic E-state index is -3.39. The lowest BCUT2D eigenvalue weighted by atomic mass is 10.2. The maximum atomic E-state index is 12.1. The van der Waals surface area contributed by atoms with E-state index in [-0.39, 0.29) is 16.2 Å². The molecule has 0 saturated carbocycles. The zero-order valence-electron chi connectivity index (χ0n) is 10.7. The van der Waals surface area contributed by atoms with Crippen LogP contribution in [0.5, 0.6) is 0 Å². The fourth-order valence-corrected chi connectivity index (χ4v) is 3.11. The molecule has 1 N–H and O–H groups in total. The molecule has 0 aliphatic carbocycles. The molecule has 0 spiro atoms. The van der Waals surface area contributed by atoms with Crippen LogP contribution >= 0.6 is 0 Å². The Hall–Kier alpha value is -2.14. The van der Waals surface area contributed by atoms with Crippen molar-refractivity contribution in [2.45, 2.75) is 11.3 Å². The van der Waals surface area contributed by atoms with E-state index in [1.807, 2.05) is 30.3 Å². The summed E-state index contributed by atoms with van der Waals surface area (Å²) in [6, 6.07) is 14.6. The summed E-state index contributed by atoms with van der Waals surface area (Å²) in [5, 5.41) is 8.78.